The van der Waals surface area contributed by atoms with Crippen LogP contribution in [0.3, 0.4) is 0 Å². The molecule has 0 N–H and O–H groups in total. The quantitative estimate of drug-likeness (QED) is 0.0752. The second-order valence-corrected chi connectivity index (χ2v) is 39.7. The molecule has 0 aliphatic heterocycles. The van der Waals surface area contributed by atoms with E-state index in [1.54, 1.807) is 0 Å². The molecule has 0 radical (unpaired) electrons. The van der Waals surface area contributed by atoms with Gasteiger partial charge >= 0.3 is 0 Å². The Morgan fingerprint density at radius 2 is 0.367 bits per heavy atom. The average molecular weight is 1560 g/mol. The van der Waals surface area contributed by atoms with E-state index in [1.807, 2.05) is 0 Å². The number of aryl methyl sites for hydroxylation is 2. The maximum Gasteiger partial charge on any atom is 0.179 e. The molecule has 0 atom stereocenters. The average Bonchev–Trinajstić information content (AvgIpc) is 0.736. The van der Waals surface area contributed by atoms with Crippen LogP contribution < -0.4 is 41.5 Å². The van der Waals surface area contributed by atoms with E-state index in [2.05, 4.69) is 487 Å². The summed E-state index contributed by atoms with van der Waals surface area (Å²) in [6, 6.07) is 176. The van der Waals surface area contributed by atoms with Crippen molar-refractivity contribution in [1.82, 2.24) is 0 Å². The third kappa shape index (κ3) is 12.6. The van der Waals surface area contributed by atoms with Gasteiger partial charge in [0.25, 0.3) is 0 Å². The maximum atomic E-state index is 2.47. The van der Waals surface area contributed by atoms with Gasteiger partial charge in [0.05, 0.1) is 0 Å². The lowest BCUT2D eigenvalue weighted by Crippen LogP contribution is -2.74. The van der Waals surface area contributed by atoms with Gasteiger partial charge in [0.15, 0.2) is 16.1 Å². The molecule has 0 unspecified atom stereocenters. The maximum absolute atomic E-state index is 2.66. The number of benzene rings is 22. The molecule has 0 aromatic heterocycles. The van der Waals surface area contributed by atoms with Crippen molar-refractivity contribution in [3.05, 3.63) is 484 Å². The molecule has 0 amide bonds. The summed E-state index contributed by atoms with van der Waals surface area (Å²) in [5.41, 5.74) is 17.8. The standard InChI is InChI=1S/C76H54Si2.C42H30/c1-7-23-61(24-8-1)77(62-25-9-2-10-26-62,63-27-11-3-12-28-63)67-45-43-55-51-59(41-39-57(55)53-67)69-47-49-75(73-37-21-19-35-71(69)73)76-50-48-70(72-36-20-22-38-74(72)76)60-42-40-58-54-68(46-44-56(58)52-60)78(64-29-13-4-14-30-64,65-31-15-5-16-32-65)66-33-17-6-18-34-66;1-27-25-39(33-23-11-15-29-13-3-5-17-31(29)33)35-19-7-9-21-37(35)41(27)42-28(2)26-40(36-20-8-10-22-38(36)42)34-24-12-16-30-14-4-6-18-32(30)34/h1-54H;3-26H,1-2H3. The number of fused-ring (bicyclic) bond motifs is 8. The van der Waals surface area contributed by atoms with Crippen molar-refractivity contribution in [2.24, 2.45) is 0 Å². The summed E-state index contributed by atoms with van der Waals surface area (Å²) in [6.07, 6.45) is 0. The zero-order chi connectivity index (χ0) is 80.1. The first kappa shape index (κ1) is 73.0. The first-order chi connectivity index (χ1) is 59.4. The van der Waals surface area contributed by atoms with Gasteiger partial charge in [0, 0.05) is 0 Å². The van der Waals surface area contributed by atoms with Gasteiger partial charge < -0.3 is 0 Å². The van der Waals surface area contributed by atoms with Crippen LogP contribution in [-0.4, -0.2) is 16.1 Å². The fourth-order valence-electron chi connectivity index (χ4n) is 20.1. The monoisotopic (exact) mass is 1560 g/mol. The van der Waals surface area contributed by atoms with Crippen LogP contribution in [0.25, 0.3) is 153 Å². The Kier molecular flexibility index (Phi) is 18.9. The molecule has 22 aromatic carbocycles. The van der Waals surface area contributed by atoms with Crippen LogP contribution in [0, 0.1) is 13.8 Å². The summed E-state index contributed by atoms with van der Waals surface area (Å²) in [5, 5.41) is 31.3. The Labute approximate surface area is 703 Å². The van der Waals surface area contributed by atoms with E-state index in [-0.39, 0.29) is 0 Å². The van der Waals surface area contributed by atoms with E-state index in [0.29, 0.717) is 0 Å². The van der Waals surface area contributed by atoms with E-state index in [9.17, 15) is 0 Å². The Bertz CT molecular complexity index is 6990. The number of hydrogen-bond acceptors (Lipinski definition) is 0. The van der Waals surface area contributed by atoms with Gasteiger partial charge in [-0.05, 0) is 232 Å². The highest BCUT2D eigenvalue weighted by Gasteiger charge is 2.43. The fraction of sp³-hybridized carbons (Fsp3) is 0.0169. The fourth-order valence-corrected chi connectivity index (χ4v) is 29.6. The lowest BCUT2D eigenvalue weighted by Gasteiger charge is -2.34. The van der Waals surface area contributed by atoms with Gasteiger partial charge in [-0.1, -0.05) is 461 Å². The number of rotatable bonds is 14. The largest absolute Gasteiger partial charge is 0.179 e. The molecule has 0 bridgehead atoms. The van der Waals surface area contributed by atoms with Crippen molar-refractivity contribution in [2.75, 3.05) is 0 Å². The van der Waals surface area contributed by atoms with E-state index >= 15 is 0 Å². The SMILES string of the molecule is Cc1cc(-c2cccc3ccccc23)c2ccccc2c1-c1c(C)cc(-c2cccc3ccccc23)c2ccccc12.c1ccc([Si](c2ccccc2)(c2ccccc2)c2ccc3cc(-c4ccc(-c5ccc(-c6ccc7cc([Si](c8ccccc8)(c8ccccc8)c8ccccc8)ccc7c6)c6ccccc56)c5ccccc45)ccc3c2)cc1. The van der Waals surface area contributed by atoms with E-state index in [4.69, 9.17) is 0 Å². The van der Waals surface area contributed by atoms with E-state index in [0.717, 1.165) is 0 Å². The smallest absolute Gasteiger partial charge is 0.0623 e. The minimum absolute atomic E-state index is 1.22. The molecule has 0 saturated heterocycles. The molecule has 0 aliphatic carbocycles. The summed E-state index contributed by atoms with van der Waals surface area (Å²) >= 11 is 0. The van der Waals surface area contributed by atoms with Gasteiger partial charge in [-0.3, -0.25) is 0 Å². The van der Waals surface area contributed by atoms with E-state index in [1.165, 1.54) is 206 Å². The molecule has 0 fully saturated rings. The first-order valence-electron chi connectivity index (χ1n) is 41.8. The van der Waals surface area contributed by atoms with Gasteiger partial charge in [-0.2, -0.15) is 0 Å². The summed E-state index contributed by atoms with van der Waals surface area (Å²) in [7, 11) is -5.32. The van der Waals surface area contributed by atoms with Crippen LogP contribution >= 0.6 is 0 Å². The second-order valence-electron chi connectivity index (χ2n) is 32.0. The minimum atomic E-state index is -2.66. The Morgan fingerprint density at radius 1 is 0.133 bits per heavy atom. The molecule has 0 aliphatic rings. The van der Waals surface area contributed by atoms with Crippen molar-refractivity contribution in [3.63, 3.8) is 0 Å². The summed E-state index contributed by atoms with van der Waals surface area (Å²) in [4.78, 5) is 0. The molecule has 120 heavy (non-hydrogen) atoms. The molecule has 0 nitrogen and oxygen atoms in total. The summed E-state index contributed by atoms with van der Waals surface area (Å²) in [5.74, 6) is 0. The molecule has 0 heterocycles. The topological polar surface area (TPSA) is 0 Å². The number of hydrogen-bond donors (Lipinski definition) is 0. The zero-order valence-electron chi connectivity index (χ0n) is 67.0. The Balaban J connectivity index is 0.000000178. The van der Waals surface area contributed by atoms with Crippen LogP contribution in [0.2, 0.25) is 0 Å². The molecule has 564 valence electrons. The van der Waals surface area contributed by atoms with Crippen molar-refractivity contribution in [1.29, 1.82) is 0 Å². The molecule has 22 rings (SSSR count). The predicted octanol–water partition coefficient (Wildman–Crippen LogP) is 26.0. The normalized spacial score (nSPS) is 11.8. The van der Waals surface area contributed by atoms with Crippen LogP contribution in [0.15, 0.2) is 473 Å². The minimum Gasteiger partial charge on any atom is -0.0623 e. The highest BCUT2D eigenvalue weighted by molar-refractivity contribution is 7.20. The second kappa shape index (κ2) is 31.1. The highest BCUT2D eigenvalue weighted by atomic mass is 28.3. The van der Waals surface area contributed by atoms with Gasteiger partial charge in [0.2, 0.25) is 0 Å². The van der Waals surface area contributed by atoms with Crippen LogP contribution in [-0.2, 0) is 0 Å². The van der Waals surface area contributed by atoms with E-state index < -0.39 is 16.1 Å². The van der Waals surface area contributed by atoms with Crippen molar-refractivity contribution in [3.8, 4) is 66.8 Å². The summed E-state index contributed by atoms with van der Waals surface area (Å²) in [6.45, 7) is 4.56. The molecular formula is C118H84Si2. The lowest BCUT2D eigenvalue weighted by molar-refractivity contribution is 1.44. The predicted molar refractivity (Wildman–Crippen MR) is 522 cm³/mol. The van der Waals surface area contributed by atoms with Crippen LogP contribution in [0.1, 0.15) is 11.1 Å². The van der Waals surface area contributed by atoms with Crippen molar-refractivity contribution in [2.45, 2.75) is 13.8 Å². The van der Waals surface area contributed by atoms with Crippen molar-refractivity contribution >= 4 is 144 Å². The molecule has 22 aromatic rings. The zero-order valence-corrected chi connectivity index (χ0v) is 69.0. The lowest BCUT2D eigenvalue weighted by atomic mass is 9.82. The first-order valence-corrected chi connectivity index (χ1v) is 45.8. The Hall–Kier alpha value is -14.6. The molecule has 2 heteroatoms. The molecule has 0 saturated carbocycles. The third-order valence-electron chi connectivity index (χ3n) is 25.4. The van der Waals surface area contributed by atoms with Gasteiger partial charge in [0.1, 0.15) is 0 Å². The van der Waals surface area contributed by atoms with Crippen molar-refractivity contribution < 1.29 is 0 Å². The summed E-state index contributed by atoms with van der Waals surface area (Å²) < 4.78 is 0. The van der Waals surface area contributed by atoms with Crippen LogP contribution in [0.4, 0.5) is 0 Å². The highest BCUT2D eigenvalue weighted by Crippen LogP contribution is 2.48. The third-order valence-corrected chi connectivity index (χ3v) is 35.0. The van der Waals surface area contributed by atoms with Crippen LogP contribution in [0.5, 0.6) is 0 Å². The molecule has 0 spiro atoms. The molecular weight excluding hydrogens is 1470 g/mol. The Morgan fingerprint density at radius 3 is 0.692 bits per heavy atom. The van der Waals surface area contributed by atoms with Gasteiger partial charge in [-0.25, -0.2) is 0 Å². The van der Waals surface area contributed by atoms with Gasteiger partial charge in [-0.15, -0.1) is 0 Å².